The molecule has 80 valence electrons. The molecule has 14 heavy (non-hydrogen) atoms. The van der Waals surface area contributed by atoms with E-state index in [0.717, 1.165) is 6.42 Å². The summed E-state index contributed by atoms with van der Waals surface area (Å²) in [6, 6.07) is 0.111. The Bertz CT molecular complexity index is 250. The maximum atomic E-state index is 10.9. The van der Waals surface area contributed by atoms with Gasteiger partial charge in [-0.15, -0.1) is 0 Å². The molecule has 0 spiro atoms. The van der Waals surface area contributed by atoms with Crippen molar-refractivity contribution < 1.29 is 9.90 Å². The first kappa shape index (κ1) is 9.97. The highest BCUT2D eigenvalue weighted by molar-refractivity contribution is 5.74. The number of rotatable bonds is 1. The lowest BCUT2D eigenvalue weighted by molar-refractivity contribution is -0.139. The normalized spacial score (nSPS) is 40.6. The van der Waals surface area contributed by atoms with Crippen LogP contribution in [-0.4, -0.2) is 23.2 Å². The Hall–Kier alpha value is -0.570. The lowest BCUT2D eigenvalue weighted by Gasteiger charge is -2.40. The van der Waals surface area contributed by atoms with Crippen LogP contribution in [0.15, 0.2) is 0 Å². The second-order valence-corrected chi connectivity index (χ2v) is 5.41. The van der Waals surface area contributed by atoms with Crippen molar-refractivity contribution in [2.45, 2.75) is 51.6 Å². The van der Waals surface area contributed by atoms with E-state index in [1.807, 2.05) is 0 Å². The molecule has 1 saturated heterocycles. The van der Waals surface area contributed by atoms with Gasteiger partial charge in [-0.1, -0.05) is 20.3 Å². The fourth-order valence-electron chi connectivity index (χ4n) is 3.16. The molecule has 0 aromatic heterocycles. The molecule has 2 aliphatic rings. The average molecular weight is 197 g/mol. The van der Waals surface area contributed by atoms with Crippen LogP contribution in [0, 0.1) is 11.3 Å². The van der Waals surface area contributed by atoms with E-state index < -0.39 is 5.97 Å². The molecule has 0 bridgehead atoms. The maximum Gasteiger partial charge on any atom is 0.320 e. The van der Waals surface area contributed by atoms with Crippen LogP contribution < -0.4 is 5.32 Å². The Balaban J connectivity index is 2.12. The van der Waals surface area contributed by atoms with Gasteiger partial charge in [-0.25, -0.2) is 0 Å². The van der Waals surface area contributed by atoms with Gasteiger partial charge in [0.05, 0.1) is 0 Å². The molecule has 0 radical (unpaired) electrons. The second kappa shape index (κ2) is 3.23. The van der Waals surface area contributed by atoms with E-state index in [2.05, 4.69) is 19.2 Å². The van der Waals surface area contributed by atoms with Crippen LogP contribution in [0.1, 0.15) is 39.5 Å². The second-order valence-electron chi connectivity index (χ2n) is 5.41. The smallest absolute Gasteiger partial charge is 0.320 e. The summed E-state index contributed by atoms with van der Waals surface area (Å²) < 4.78 is 0. The molecule has 0 amide bonds. The first-order chi connectivity index (χ1) is 6.50. The quantitative estimate of drug-likeness (QED) is 0.671. The van der Waals surface area contributed by atoms with Crippen molar-refractivity contribution in [3.05, 3.63) is 0 Å². The van der Waals surface area contributed by atoms with E-state index >= 15 is 0 Å². The standard InChI is InChI=1S/C11H19NO2/c1-11(2)5-3-4-7-6-8(10(13)14)12-9(7)11/h7-9,12H,3-6H2,1-2H3,(H,13,14). The summed E-state index contributed by atoms with van der Waals surface area (Å²) in [4.78, 5) is 10.9. The third kappa shape index (κ3) is 1.54. The van der Waals surface area contributed by atoms with E-state index in [9.17, 15) is 4.79 Å². The van der Waals surface area contributed by atoms with E-state index in [0.29, 0.717) is 12.0 Å². The third-order valence-corrected chi connectivity index (χ3v) is 3.93. The van der Waals surface area contributed by atoms with Gasteiger partial charge >= 0.3 is 5.97 Å². The van der Waals surface area contributed by atoms with Gasteiger partial charge in [0.1, 0.15) is 6.04 Å². The molecule has 1 aliphatic heterocycles. The highest BCUT2D eigenvalue weighted by Gasteiger charge is 2.46. The Morgan fingerprint density at radius 3 is 2.79 bits per heavy atom. The largest absolute Gasteiger partial charge is 0.480 e. The zero-order valence-electron chi connectivity index (χ0n) is 8.92. The average Bonchev–Trinajstić information content (AvgIpc) is 2.48. The summed E-state index contributed by atoms with van der Waals surface area (Å²) in [7, 11) is 0. The Morgan fingerprint density at radius 1 is 1.50 bits per heavy atom. The number of hydrogen-bond donors (Lipinski definition) is 2. The first-order valence-electron chi connectivity index (χ1n) is 5.49. The number of nitrogens with one attached hydrogen (secondary N) is 1. The van der Waals surface area contributed by atoms with Gasteiger partial charge in [-0.05, 0) is 30.6 Å². The number of carboxylic acids is 1. The molecule has 1 saturated carbocycles. The van der Waals surface area contributed by atoms with Crippen LogP contribution in [0.3, 0.4) is 0 Å². The monoisotopic (exact) mass is 197 g/mol. The minimum absolute atomic E-state index is 0.271. The molecule has 2 fully saturated rings. The van der Waals surface area contributed by atoms with Crippen LogP contribution in [-0.2, 0) is 4.79 Å². The van der Waals surface area contributed by atoms with Crippen LogP contribution in [0.5, 0.6) is 0 Å². The van der Waals surface area contributed by atoms with Gasteiger partial charge < -0.3 is 10.4 Å². The van der Waals surface area contributed by atoms with Crippen molar-refractivity contribution in [1.82, 2.24) is 5.32 Å². The van der Waals surface area contributed by atoms with Gasteiger partial charge in [-0.2, -0.15) is 0 Å². The number of carboxylic acid groups (broad SMARTS) is 1. The fourth-order valence-corrected chi connectivity index (χ4v) is 3.16. The van der Waals surface area contributed by atoms with Crippen molar-refractivity contribution in [2.75, 3.05) is 0 Å². The van der Waals surface area contributed by atoms with Crippen molar-refractivity contribution in [3.63, 3.8) is 0 Å². The van der Waals surface area contributed by atoms with E-state index in [4.69, 9.17) is 5.11 Å². The van der Waals surface area contributed by atoms with Crippen LogP contribution in [0.25, 0.3) is 0 Å². The molecular formula is C11H19NO2. The van der Waals surface area contributed by atoms with Crippen molar-refractivity contribution in [1.29, 1.82) is 0 Å². The SMILES string of the molecule is CC1(C)CCCC2CC(C(=O)O)NC21. The molecule has 3 unspecified atom stereocenters. The van der Waals surface area contributed by atoms with Crippen molar-refractivity contribution in [2.24, 2.45) is 11.3 Å². The van der Waals surface area contributed by atoms with E-state index in [1.54, 1.807) is 0 Å². The minimum atomic E-state index is -0.685. The van der Waals surface area contributed by atoms with Gasteiger partial charge in [0.15, 0.2) is 0 Å². The molecule has 3 nitrogen and oxygen atoms in total. The van der Waals surface area contributed by atoms with Crippen molar-refractivity contribution in [3.8, 4) is 0 Å². The summed E-state index contributed by atoms with van der Waals surface area (Å²) in [6.45, 7) is 4.50. The number of carbonyl (C=O) groups is 1. The van der Waals surface area contributed by atoms with Gasteiger partial charge in [0.25, 0.3) is 0 Å². The highest BCUT2D eigenvalue weighted by atomic mass is 16.4. The molecule has 1 heterocycles. The minimum Gasteiger partial charge on any atom is -0.480 e. The molecule has 2 N–H and O–H groups in total. The molecule has 3 heteroatoms. The van der Waals surface area contributed by atoms with Crippen molar-refractivity contribution >= 4 is 5.97 Å². The Labute approximate surface area is 84.9 Å². The predicted molar refractivity (Wildman–Crippen MR) is 54.1 cm³/mol. The predicted octanol–water partition coefficient (Wildman–Crippen LogP) is 1.63. The fraction of sp³-hybridized carbons (Fsp3) is 0.909. The lowest BCUT2D eigenvalue weighted by Crippen LogP contribution is -2.46. The molecule has 0 aromatic rings. The number of fused-ring (bicyclic) bond motifs is 1. The summed E-state index contributed by atoms with van der Waals surface area (Å²) >= 11 is 0. The van der Waals surface area contributed by atoms with Gasteiger partial charge in [-0.3, -0.25) is 4.79 Å². The molecule has 2 rings (SSSR count). The number of aliphatic carboxylic acids is 1. The first-order valence-corrected chi connectivity index (χ1v) is 5.49. The topological polar surface area (TPSA) is 49.3 Å². The lowest BCUT2D eigenvalue weighted by atomic mass is 9.69. The van der Waals surface area contributed by atoms with Crippen LogP contribution in [0.4, 0.5) is 0 Å². The molecule has 1 aliphatic carbocycles. The molecule has 3 atom stereocenters. The third-order valence-electron chi connectivity index (χ3n) is 3.93. The maximum absolute atomic E-state index is 10.9. The van der Waals surface area contributed by atoms with Gasteiger partial charge in [0, 0.05) is 6.04 Å². The summed E-state index contributed by atoms with van der Waals surface area (Å²) in [5.41, 5.74) is 0.271. The summed E-state index contributed by atoms with van der Waals surface area (Å²) in [6.07, 6.45) is 4.49. The van der Waals surface area contributed by atoms with Gasteiger partial charge in [0.2, 0.25) is 0 Å². The van der Waals surface area contributed by atoms with Crippen LogP contribution >= 0.6 is 0 Å². The van der Waals surface area contributed by atoms with E-state index in [-0.39, 0.29) is 11.5 Å². The summed E-state index contributed by atoms with van der Waals surface area (Å²) in [5, 5.41) is 12.3. The molecule has 0 aromatic carbocycles. The summed E-state index contributed by atoms with van der Waals surface area (Å²) in [5.74, 6) is -0.102. The Kier molecular flexibility index (Phi) is 2.30. The zero-order valence-corrected chi connectivity index (χ0v) is 8.92. The van der Waals surface area contributed by atoms with Crippen LogP contribution in [0.2, 0.25) is 0 Å². The molecular weight excluding hydrogens is 178 g/mol. The Morgan fingerprint density at radius 2 is 2.21 bits per heavy atom. The van der Waals surface area contributed by atoms with E-state index in [1.165, 1.54) is 19.3 Å². The zero-order chi connectivity index (χ0) is 10.3. The number of hydrogen-bond acceptors (Lipinski definition) is 2. The highest BCUT2D eigenvalue weighted by Crippen LogP contribution is 2.43.